The van der Waals surface area contributed by atoms with E-state index in [-0.39, 0.29) is 5.88 Å². The van der Waals surface area contributed by atoms with Crippen LogP contribution in [0, 0.1) is 6.92 Å². The van der Waals surface area contributed by atoms with E-state index in [1.807, 2.05) is 6.07 Å². The van der Waals surface area contributed by atoms with E-state index >= 15 is 0 Å². The number of nitrogens with zero attached hydrogens (tertiary/aromatic N) is 2. The molecule has 0 unspecified atom stereocenters. The minimum absolute atomic E-state index is 0.0244. The molecule has 0 radical (unpaired) electrons. The number of nitrogens with two attached hydrogens (primary N) is 1. The van der Waals surface area contributed by atoms with Crippen molar-refractivity contribution in [2.75, 3.05) is 5.73 Å². The van der Waals surface area contributed by atoms with E-state index in [2.05, 4.69) is 9.97 Å². The maximum atomic E-state index is 9.38. The molecule has 18 heavy (non-hydrogen) atoms. The SMILES string of the molecule is Cc1cc(O)nc(SCc2cc(N)ccc2Cl)n1. The van der Waals surface area contributed by atoms with Crippen LogP contribution in [0.25, 0.3) is 0 Å². The van der Waals surface area contributed by atoms with Gasteiger partial charge in [0.25, 0.3) is 0 Å². The van der Waals surface area contributed by atoms with Gasteiger partial charge in [-0.15, -0.1) is 0 Å². The lowest BCUT2D eigenvalue weighted by Crippen LogP contribution is -1.92. The Balaban J connectivity index is 2.13. The van der Waals surface area contributed by atoms with Gasteiger partial charge in [0.05, 0.1) is 0 Å². The van der Waals surface area contributed by atoms with Crippen molar-refractivity contribution in [3.05, 3.63) is 40.5 Å². The van der Waals surface area contributed by atoms with Crippen molar-refractivity contribution in [1.82, 2.24) is 9.97 Å². The molecule has 1 heterocycles. The van der Waals surface area contributed by atoms with Crippen molar-refractivity contribution >= 4 is 29.1 Å². The van der Waals surface area contributed by atoms with Crippen LogP contribution in [-0.2, 0) is 5.75 Å². The molecule has 0 fully saturated rings. The number of benzene rings is 1. The topological polar surface area (TPSA) is 72.0 Å². The van der Waals surface area contributed by atoms with Crippen molar-refractivity contribution in [3.8, 4) is 5.88 Å². The number of rotatable bonds is 3. The summed E-state index contributed by atoms with van der Waals surface area (Å²) in [6.45, 7) is 1.80. The van der Waals surface area contributed by atoms with E-state index in [4.69, 9.17) is 17.3 Å². The summed E-state index contributed by atoms with van der Waals surface area (Å²) >= 11 is 7.47. The zero-order valence-corrected chi connectivity index (χ0v) is 11.3. The minimum atomic E-state index is -0.0244. The summed E-state index contributed by atoms with van der Waals surface area (Å²) in [5.74, 6) is 0.580. The largest absolute Gasteiger partial charge is 0.493 e. The Morgan fingerprint density at radius 1 is 1.33 bits per heavy atom. The van der Waals surface area contributed by atoms with E-state index < -0.39 is 0 Å². The van der Waals surface area contributed by atoms with Gasteiger partial charge >= 0.3 is 0 Å². The number of aryl methyl sites for hydroxylation is 1. The molecule has 0 aliphatic heterocycles. The standard InChI is InChI=1S/C12H12ClN3OS/c1-7-4-11(17)16-12(15-7)18-6-8-5-9(14)2-3-10(8)13/h2-5H,6,14H2,1H3,(H,15,16,17). The fraction of sp³-hybridized carbons (Fsp3) is 0.167. The van der Waals surface area contributed by atoms with E-state index in [1.54, 1.807) is 19.1 Å². The van der Waals surface area contributed by atoms with Gasteiger partial charge in [-0.25, -0.2) is 4.98 Å². The van der Waals surface area contributed by atoms with Gasteiger partial charge in [-0.05, 0) is 30.7 Å². The third kappa shape index (κ3) is 3.27. The second-order valence-corrected chi connectivity index (χ2v) is 5.14. The van der Waals surface area contributed by atoms with Gasteiger partial charge in [-0.2, -0.15) is 4.98 Å². The highest BCUT2D eigenvalue weighted by atomic mass is 35.5. The first-order valence-corrected chi connectivity index (χ1v) is 6.62. The average molecular weight is 282 g/mol. The molecule has 2 rings (SSSR count). The van der Waals surface area contributed by atoms with Crippen LogP contribution in [0.4, 0.5) is 5.69 Å². The second-order valence-electron chi connectivity index (χ2n) is 3.79. The van der Waals surface area contributed by atoms with Gasteiger partial charge in [0.15, 0.2) is 5.16 Å². The maximum absolute atomic E-state index is 9.38. The van der Waals surface area contributed by atoms with Crippen molar-refractivity contribution in [1.29, 1.82) is 0 Å². The molecule has 2 aromatic rings. The molecule has 0 bridgehead atoms. The summed E-state index contributed by atoms with van der Waals surface area (Å²) in [4.78, 5) is 8.15. The number of halogens is 1. The highest BCUT2D eigenvalue weighted by Gasteiger charge is 2.05. The zero-order chi connectivity index (χ0) is 13.1. The molecule has 4 nitrogen and oxygen atoms in total. The lowest BCUT2D eigenvalue weighted by atomic mass is 10.2. The number of aromatic nitrogens is 2. The predicted octanol–water partition coefficient (Wildman–Crippen LogP) is 3.02. The molecule has 3 N–H and O–H groups in total. The average Bonchev–Trinajstić information content (AvgIpc) is 2.29. The van der Waals surface area contributed by atoms with Crippen LogP contribution in [0.2, 0.25) is 5.02 Å². The van der Waals surface area contributed by atoms with Crippen LogP contribution < -0.4 is 5.73 Å². The molecule has 0 aliphatic carbocycles. The second kappa shape index (κ2) is 5.46. The first kappa shape index (κ1) is 13.0. The van der Waals surface area contributed by atoms with Crippen LogP contribution in [0.15, 0.2) is 29.4 Å². The molecule has 0 spiro atoms. The monoisotopic (exact) mass is 281 g/mol. The van der Waals surface area contributed by atoms with Crippen LogP contribution in [0.3, 0.4) is 0 Å². The van der Waals surface area contributed by atoms with Crippen molar-refractivity contribution in [2.45, 2.75) is 17.8 Å². The zero-order valence-electron chi connectivity index (χ0n) is 9.72. The molecule has 0 saturated carbocycles. The van der Waals surface area contributed by atoms with Crippen molar-refractivity contribution < 1.29 is 5.11 Å². The Bertz CT molecular complexity index is 557. The summed E-state index contributed by atoms with van der Waals surface area (Å²) in [5.41, 5.74) is 8.02. The summed E-state index contributed by atoms with van der Waals surface area (Å²) in [6, 6.07) is 6.86. The van der Waals surface area contributed by atoms with Gasteiger partial charge in [0.1, 0.15) is 0 Å². The quantitative estimate of drug-likeness (QED) is 0.514. The number of nitrogen functional groups attached to an aromatic ring is 1. The molecule has 1 aromatic carbocycles. The van der Waals surface area contributed by atoms with Crippen molar-refractivity contribution in [3.63, 3.8) is 0 Å². The molecule has 1 aromatic heterocycles. The molecular formula is C12H12ClN3OS. The molecule has 94 valence electrons. The van der Waals surface area contributed by atoms with E-state index in [9.17, 15) is 5.11 Å². The van der Waals surface area contributed by atoms with Gasteiger partial charge in [0, 0.05) is 28.2 Å². The third-order valence-corrected chi connectivity index (χ3v) is 3.51. The Morgan fingerprint density at radius 3 is 2.83 bits per heavy atom. The molecule has 0 aliphatic rings. The summed E-state index contributed by atoms with van der Waals surface area (Å²) in [7, 11) is 0. The fourth-order valence-corrected chi connectivity index (χ4v) is 2.59. The Labute approximate surface area is 114 Å². The van der Waals surface area contributed by atoms with Gasteiger partial charge in [-0.1, -0.05) is 23.4 Å². The normalized spacial score (nSPS) is 10.6. The number of aromatic hydroxyl groups is 1. The summed E-state index contributed by atoms with van der Waals surface area (Å²) in [6.07, 6.45) is 0. The van der Waals surface area contributed by atoms with E-state index in [0.29, 0.717) is 21.6 Å². The van der Waals surface area contributed by atoms with Crippen LogP contribution in [-0.4, -0.2) is 15.1 Å². The lowest BCUT2D eigenvalue weighted by molar-refractivity contribution is 0.444. The number of hydrogen-bond acceptors (Lipinski definition) is 5. The summed E-state index contributed by atoms with van der Waals surface area (Å²) < 4.78 is 0. The highest BCUT2D eigenvalue weighted by Crippen LogP contribution is 2.27. The van der Waals surface area contributed by atoms with Gasteiger partial charge in [-0.3, -0.25) is 0 Å². The van der Waals surface area contributed by atoms with Gasteiger partial charge in [0.2, 0.25) is 5.88 Å². The number of anilines is 1. The Hall–Kier alpha value is -1.46. The van der Waals surface area contributed by atoms with Crippen LogP contribution >= 0.6 is 23.4 Å². The van der Waals surface area contributed by atoms with Gasteiger partial charge < -0.3 is 10.8 Å². The molecule has 0 amide bonds. The minimum Gasteiger partial charge on any atom is -0.493 e. The Kier molecular flexibility index (Phi) is 3.93. The highest BCUT2D eigenvalue weighted by molar-refractivity contribution is 7.98. The van der Waals surface area contributed by atoms with Crippen LogP contribution in [0.1, 0.15) is 11.3 Å². The Morgan fingerprint density at radius 2 is 2.11 bits per heavy atom. The maximum Gasteiger partial charge on any atom is 0.215 e. The smallest absolute Gasteiger partial charge is 0.215 e. The molecule has 6 heteroatoms. The third-order valence-electron chi connectivity index (χ3n) is 2.25. The number of hydrogen-bond donors (Lipinski definition) is 2. The fourth-order valence-electron chi connectivity index (χ4n) is 1.44. The lowest BCUT2D eigenvalue weighted by Gasteiger charge is -2.05. The first-order chi connectivity index (χ1) is 8.54. The summed E-state index contributed by atoms with van der Waals surface area (Å²) in [5, 5.41) is 10.6. The van der Waals surface area contributed by atoms with E-state index in [1.165, 1.54) is 17.8 Å². The van der Waals surface area contributed by atoms with E-state index in [0.717, 1.165) is 11.3 Å². The number of thioether (sulfide) groups is 1. The van der Waals surface area contributed by atoms with Crippen molar-refractivity contribution in [2.24, 2.45) is 0 Å². The molecule has 0 saturated heterocycles. The molecule has 0 atom stereocenters. The molecular weight excluding hydrogens is 270 g/mol. The van der Waals surface area contributed by atoms with Crippen LogP contribution in [0.5, 0.6) is 5.88 Å². The predicted molar refractivity (Wildman–Crippen MR) is 73.9 cm³/mol. The first-order valence-electron chi connectivity index (χ1n) is 5.26.